The number of aryl methyl sites for hydroxylation is 1. The van der Waals surface area contributed by atoms with Gasteiger partial charge in [-0.1, -0.05) is 37.3 Å². The highest BCUT2D eigenvalue weighted by Crippen LogP contribution is 2.44. The Balaban J connectivity index is 2.06. The molecule has 0 heterocycles. The van der Waals surface area contributed by atoms with Crippen LogP contribution in [0, 0.1) is 0 Å². The van der Waals surface area contributed by atoms with Gasteiger partial charge in [0.15, 0.2) is 0 Å². The summed E-state index contributed by atoms with van der Waals surface area (Å²) in [6, 6.07) is 15.4. The minimum atomic E-state index is -4.16. The molecule has 1 atom stereocenters. The van der Waals surface area contributed by atoms with E-state index in [0.717, 1.165) is 12.0 Å². The van der Waals surface area contributed by atoms with Gasteiger partial charge < -0.3 is 9.05 Å². The Kier molecular flexibility index (Phi) is 4.25. The van der Waals surface area contributed by atoms with E-state index in [0.29, 0.717) is 11.5 Å². The lowest BCUT2D eigenvalue weighted by Crippen LogP contribution is -1.99. The Morgan fingerprint density at radius 1 is 0.947 bits per heavy atom. The summed E-state index contributed by atoms with van der Waals surface area (Å²) in [6.07, 6.45) is 0.900. The fourth-order valence-corrected chi connectivity index (χ4v) is 2.37. The van der Waals surface area contributed by atoms with Crippen LogP contribution in [0.3, 0.4) is 0 Å². The maximum Gasteiger partial charge on any atom is 0.584 e. The van der Waals surface area contributed by atoms with E-state index < -0.39 is 7.82 Å². The summed E-state index contributed by atoms with van der Waals surface area (Å²) < 4.78 is 21.8. The normalized spacial score (nSPS) is 13.6. The third-order valence-electron chi connectivity index (χ3n) is 2.52. The first-order valence-electron chi connectivity index (χ1n) is 5.95. The lowest BCUT2D eigenvalue weighted by Gasteiger charge is -2.13. The first kappa shape index (κ1) is 13.7. The quantitative estimate of drug-likeness (QED) is 0.845. The highest BCUT2D eigenvalue weighted by atomic mass is 31.2. The van der Waals surface area contributed by atoms with E-state index in [1.54, 1.807) is 42.5 Å². The van der Waals surface area contributed by atoms with E-state index in [1.807, 2.05) is 19.1 Å². The van der Waals surface area contributed by atoms with Crippen molar-refractivity contribution in [2.75, 3.05) is 0 Å². The van der Waals surface area contributed by atoms with Crippen LogP contribution in [0.2, 0.25) is 0 Å². The van der Waals surface area contributed by atoms with Crippen LogP contribution in [0.4, 0.5) is 0 Å². The maximum atomic E-state index is 11.8. The van der Waals surface area contributed by atoms with Gasteiger partial charge in [0, 0.05) is 0 Å². The van der Waals surface area contributed by atoms with Gasteiger partial charge in [0.2, 0.25) is 0 Å². The van der Waals surface area contributed by atoms with Crippen molar-refractivity contribution in [3.8, 4) is 11.5 Å². The van der Waals surface area contributed by atoms with Gasteiger partial charge in [-0.3, -0.25) is 4.89 Å². The average Bonchev–Trinajstić information content (AvgIpc) is 2.39. The lowest BCUT2D eigenvalue weighted by atomic mass is 10.2. The maximum absolute atomic E-state index is 11.8. The third kappa shape index (κ3) is 4.12. The van der Waals surface area contributed by atoms with E-state index in [2.05, 4.69) is 0 Å². The molecule has 0 aromatic heterocycles. The Labute approximate surface area is 112 Å². The van der Waals surface area contributed by atoms with Crippen LogP contribution < -0.4 is 9.05 Å². The average molecular weight is 278 g/mol. The van der Waals surface area contributed by atoms with Gasteiger partial charge in [-0.15, -0.1) is 0 Å². The molecule has 5 heteroatoms. The predicted octanol–water partition coefficient (Wildman–Crippen LogP) is 3.81. The van der Waals surface area contributed by atoms with Crippen molar-refractivity contribution in [1.82, 2.24) is 0 Å². The van der Waals surface area contributed by atoms with E-state index in [1.165, 1.54) is 0 Å². The SMILES string of the molecule is CCc1ccc(OP(=O)(O)Oc2ccccc2)cc1. The van der Waals surface area contributed by atoms with Crippen LogP contribution in [0.1, 0.15) is 12.5 Å². The van der Waals surface area contributed by atoms with Crippen LogP contribution in [0.15, 0.2) is 54.6 Å². The molecule has 0 saturated heterocycles. The Hall–Kier alpha value is -1.77. The second kappa shape index (κ2) is 5.91. The molecule has 0 aliphatic carbocycles. The standard InChI is InChI=1S/C14H15O4P/c1-2-12-8-10-14(11-9-12)18-19(15,16)17-13-6-4-3-5-7-13/h3-11H,2H2,1H3,(H,15,16). The highest BCUT2D eigenvalue weighted by molar-refractivity contribution is 7.48. The van der Waals surface area contributed by atoms with Crippen molar-refractivity contribution < 1.29 is 18.5 Å². The van der Waals surface area contributed by atoms with Gasteiger partial charge in [-0.05, 0) is 36.2 Å². The summed E-state index contributed by atoms with van der Waals surface area (Å²) in [4.78, 5) is 9.66. The fourth-order valence-electron chi connectivity index (χ4n) is 1.55. The van der Waals surface area contributed by atoms with Gasteiger partial charge in [0.25, 0.3) is 0 Å². The molecule has 2 aromatic carbocycles. The Morgan fingerprint density at radius 3 is 2.00 bits per heavy atom. The molecule has 19 heavy (non-hydrogen) atoms. The minimum Gasteiger partial charge on any atom is -0.395 e. The second-order valence-corrected chi connectivity index (χ2v) is 5.26. The molecule has 0 bridgehead atoms. The van der Waals surface area contributed by atoms with E-state index in [9.17, 15) is 9.46 Å². The molecule has 1 unspecified atom stereocenters. The molecule has 0 spiro atoms. The molecule has 0 aliphatic heterocycles. The fraction of sp³-hybridized carbons (Fsp3) is 0.143. The van der Waals surface area contributed by atoms with Crippen LogP contribution in [0.25, 0.3) is 0 Å². The number of phosphoric acid groups is 1. The van der Waals surface area contributed by atoms with Crippen molar-refractivity contribution in [3.05, 3.63) is 60.2 Å². The number of rotatable bonds is 5. The number of hydrogen-bond donors (Lipinski definition) is 1. The van der Waals surface area contributed by atoms with Gasteiger partial charge in [-0.2, -0.15) is 0 Å². The molecule has 1 N–H and O–H groups in total. The Morgan fingerprint density at radius 2 is 1.47 bits per heavy atom. The molecule has 4 nitrogen and oxygen atoms in total. The summed E-state index contributed by atoms with van der Waals surface area (Å²) >= 11 is 0. The smallest absolute Gasteiger partial charge is 0.395 e. The Bertz CT molecular complexity index is 566. The summed E-state index contributed by atoms with van der Waals surface area (Å²) in [5.41, 5.74) is 1.13. The number of benzene rings is 2. The van der Waals surface area contributed by atoms with Gasteiger partial charge >= 0.3 is 7.82 Å². The lowest BCUT2D eigenvalue weighted by molar-refractivity contribution is 0.291. The van der Waals surface area contributed by atoms with Crippen LogP contribution >= 0.6 is 7.82 Å². The van der Waals surface area contributed by atoms with Gasteiger partial charge in [0.05, 0.1) is 0 Å². The van der Waals surface area contributed by atoms with Crippen molar-refractivity contribution >= 4 is 7.82 Å². The second-order valence-electron chi connectivity index (χ2n) is 3.96. The summed E-state index contributed by atoms with van der Waals surface area (Å²) in [7, 11) is -4.16. The third-order valence-corrected chi connectivity index (χ3v) is 3.40. The zero-order valence-electron chi connectivity index (χ0n) is 10.5. The monoisotopic (exact) mass is 278 g/mol. The topological polar surface area (TPSA) is 55.8 Å². The van der Waals surface area contributed by atoms with Crippen molar-refractivity contribution in [3.63, 3.8) is 0 Å². The van der Waals surface area contributed by atoms with E-state index in [-0.39, 0.29) is 0 Å². The largest absolute Gasteiger partial charge is 0.584 e. The summed E-state index contributed by atoms with van der Waals surface area (Å²) in [6.45, 7) is 2.03. The molecule has 0 radical (unpaired) electrons. The van der Waals surface area contributed by atoms with Crippen molar-refractivity contribution in [2.45, 2.75) is 13.3 Å². The molecular weight excluding hydrogens is 263 g/mol. The molecular formula is C14H15O4P. The number of phosphoric ester groups is 1. The highest BCUT2D eigenvalue weighted by Gasteiger charge is 2.24. The van der Waals surface area contributed by atoms with Crippen molar-refractivity contribution in [1.29, 1.82) is 0 Å². The first-order chi connectivity index (χ1) is 9.09. The molecule has 0 amide bonds. The van der Waals surface area contributed by atoms with Crippen LogP contribution in [0.5, 0.6) is 11.5 Å². The molecule has 0 aliphatic rings. The predicted molar refractivity (Wildman–Crippen MR) is 73.3 cm³/mol. The number of para-hydroxylation sites is 1. The molecule has 2 aromatic rings. The van der Waals surface area contributed by atoms with Crippen molar-refractivity contribution in [2.24, 2.45) is 0 Å². The van der Waals surface area contributed by atoms with Gasteiger partial charge in [-0.25, -0.2) is 4.57 Å². The molecule has 2 rings (SSSR count). The zero-order valence-corrected chi connectivity index (χ0v) is 11.4. The first-order valence-corrected chi connectivity index (χ1v) is 7.44. The van der Waals surface area contributed by atoms with Gasteiger partial charge in [0.1, 0.15) is 11.5 Å². The summed E-state index contributed by atoms with van der Waals surface area (Å²) in [5, 5.41) is 0. The van der Waals surface area contributed by atoms with E-state index in [4.69, 9.17) is 9.05 Å². The molecule has 0 fully saturated rings. The zero-order chi connectivity index (χ0) is 13.7. The minimum absolute atomic E-state index is 0.290. The summed E-state index contributed by atoms with van der Waals surface area (Å²) in [5.74, 6) is 0.595. The van der Waals surface area contributed by atoms with E-state index >= 15 is 0 Å². The molecule has 100 valence electrons. The number of hydrogen-bond acceptors (Lipinski definition) is 3. The molecule has 0 saturated carbocycles. The van der Waals surface area contributed by atoms with Crippen LogP contribution in [-0.4, -0.2) is 4.89 Å². The van der Waals surface area contributed by atoms with Crippen LogP contribution in [-0.2, 0) is 11.0 Å².